The van der Waals surface area contributed by atoms with E-state index < -0.39 is 10.0 Å². The van der Waals surface area contributed by atoms with Crippen LogP contribution in [-0.4, -0.2) is 29.3 Å². The van der Waals surface area contributed by atoms with Gasteiger partial charge in [0, 0.05) is 40.6 Å². The molecule has 0 spiro atoms. The van der Waals surface area contributed by atoms with Gasteiger partial charge < -0.3 is 5.11 Å². The number of aliphatic hydroxyl groups excluding tert-OH is 1. The zero-order valence-electron chi connectivity index (χ0n) is 16.4. The van der Waals surface area contributed by atoms with E-state index in [-0.39, 0.29) is 17.5 Å². The SMILES string of the molecule is C[C@H](CCCn1cccn1)N(c1cc(Cl)ccc1CO)S(=O)(=O)c1ccc(Cl)cc1. The summed E-state index contributed by atoms with van der Waals surface area (Å²) < 4.78 is 30.3. The first-order valence-corrected chi connectivity index (χ1v) is 11.7. The fourth-order valence-electron chi connectivity index (χ4n) is 3.30. The summed E-state index contributed by atoms with van der Waals surface area (Å²) in [5.41, 5.74) is 0.849. The molecule has 0 bridgehead atoms. The number of benzene rings is 2. The fraction of sp³-hybridized carbons (Fsp3) is 0.286. The number of halogens is 2. The smallest absolute Gasteiger partial charge is 0.264 e. The Kier molecular flexibility index (Phi) is 7.41. The second-order valence-corrected chi connectivity index (χ2v) is 9.63. The van der Waals surface area contributed by atoms with Crippen molar-refractivity contribution in [1.82, 2.24) is 9.78 Å². The summed E-state index contributed by atoms with van der Waals surface area (Å²) in [4.78, 5) is 0.120. The number of anilines is 1. The van der Waals surface area contributed by atoms with E-state index in [0.717, 1.165) is 6.42 Å². The zero-order chi connectivity index (χ0) is 21.7. The number of rotatable bonds is 9. The molecule has 3 rings (SSSR count). The maximum absolute atomic E-state index is 13.6. The van der Waals surface area contributed by atoms with Crippen molar-refractivity contribution in [3.8, 4) is 0 Å². The molecule has 0 saturated carbocycles. The Bertz CT molecular complexity index is 1070. The summed E-state index contributed by atoms with van der Waals surface area (Å²) in [6, 6.07) is 12.3. The normalized spacial score (nSPS) is 12.7. The second kappa shape index (κ2) is 9.83. The van der Waals surface area contributed by atoms with Crippen LogP contribution >= 0.6 is 23.2 Å². The van der Waals surface area contributed by atoms with Crippen molar-refractivity contribution >= 4 is 38.9 Å². The Morgan fingerprint density at radius 2 is 1.83 bits per heavy atom. The molecule has 3 aromatic rings. The van der Waals surface area contributed by atoms with Gasteiger partial charge in [0.15, 0.2) is 0 Å². The average Bonchev–Trinajstić information content (AvgIpc) is 3.22. The molecular formula is C21H23Cl2N3O3S. The minimum absolute atomic E-state index is 0.120. The first-order valence-electron chi connectivity index (χ1n) is 9.49. The van der Waals surface area contributed by atoms with Crippen LogP contribution in [-0.2, 0) is 23.2 Å². The van der Waals surface area contributed by atoms with Crippen molar-refractivity contribution in [3.05, 3.63) is 76.5 Å². The van der Waals surface area contributed by atoms with Gasteiger partial charge in [-0.2, -0.15) is 5.10 Å². The molecule has 0 aliphatic rings. The molecule has 0 unspecified atom stereocenters. The van der Waals surface area contributed by atoms with Gasteiger partial charge in [0.2, 0.25) is 0 Å². The molecule has 0 radical (unpaired) electrons. The third kappa shape index (κ3) is 5.16. The number of sulfonamides is 1. The van der Waals surface area contributed by atoms with Crippen molar-refractivity contribution in [2.45, 2.75) is 43.9 Å². The van der Waals surface area contributed by atoms with E-state index >= 15 is 0 Å². The Morgan fingerprint density at radius 1 is 1.13 bits per heavy atom. The number of aliphatic hydroxyl groups is 1. The van der Waals surface area contributed by atoms with Crippen LogP contribution in [0.1, 0.15) is 25.3 Å². The van der Waals surface area contributed by atoms with Crippen LogP contribution in [0.5, 0.6) is 0 Å². The lowest BCUT2D eigenvalue weighted by molar-refractivity contribution is 0.282. The summed E-state index contributed by atoms with van der Waals surface area (Å²) >= 11 is 12.1. The molecule has 6 nitrogen and oxygen atoms in total. The van der Waals surface area contributed by atoms with E-state index in [1.165, 1.54) is 16.4 Å². The van der Waals surface area contributed by atoms with E-state index in [2.05, 4.69) is 5.10 Å². The summed E-state index contributed by atoms with van der Waals surface area (Å²) in [5, 5.41) is 14.8. The molecule has 0 aliphatic carbocycles. The summed E-state index contributed by atoms with van der Waals surface area (Å²) in [7, 11) is -3.92. The maximum Gasteiger partial charge on any atom is 0.264 e. The quantitative estimate of drug-likeness (QED) is 0.492. The lowest BCUT2D eigenvalue weighted by Gasteiger charge is -2.32. The molecule has 9 heteroatoms. The van der Waals surface area contributed by atoms with Crippen molar-refractivity contribution in [2.75, 3.05) is 4.31 Å². The highest BCUT2D eigenvalue weighted by Crippen LogP contribution is 2.33. The Balaban J connectivity index is 1.98. The van der Waals surface area contributed by atoms with Crippen LogP contribution in [0, 0.1) is 0 Å². The maximum atomic E-state index is 13.6. The predicted octanol–water partition coefficient (Wildman–Crippen LogP) is 4.75. The van der Waals surface area contributed by atoms with Crippen LogP contribution in [0.2, 0.25) is 10.0 Å². The minimum atomic E-state index is -3.92. The van der Waals surface area contributed by atoms with Gasteiger partial charge in [-0.1, -0.05) is 29.3 Å². The van der Waals surface area contributed by atoms with Crippen LogP contribution < -0.4 is 4.31 Å². The van der Waals surface area contributed by atoms with Crippen LogP contribution in [0.4, 0.5) is 5.69 Å². The van der Waals surface area contributed by atoms with Gasteiger partial charge in [-0.15, -0.1) is 0 Å². The molecular weight excluding hydrogens is 445 g/mol. The van der Waals surface area contributed by atoms with E-state index in [1.54, 1.807) is 36.5 Å². The summed E-state index contributed by atoms with van der Waals surface area (Å²) in [6.45, 7) is 2.21. The molecule has 30 heavy (non-hydrogen) atoms. The number of hydrogen-bond acceptors (Lipinski definition) is 4. The van der Waals surface area contributed by atoms with E-state index in [9.17, 15) is 13.5 Å². The average molecular weight is 468 g/mol. The van der Waals surface area contributed by atoms with Gasteiger partial charge >= 0.3 is 0 Å². The Labute approximate surface area is 186 Å². The highest BCUT2D eigenvalue weighted by atomic mass is 35.5. The Morgan fingerprint density at radius 3 is 2.47 bits per heavy atom. The molecule has 2 aromatic carbocycles. The summed E-state index contributed by atoms with van der Waals surface area (Å²) in [5.74, 6) is 0. The summed E-state index contributed by atoms with van der Waals surface area (Å²) in [6.07, 6.45) is 4.89. The third-order valence-corrected chi connectivity index (χ3v) is 7.22. The molecule has 160 valence electrons. The largest absolute Gasteiger partial charge is 0.392 e. The van der Waals surface area contributed by atoms with Gasteiger partial charge in [-0.25, -0.2) is 8.42 Å². The van der Waals surface area contributed by atoms with Gasteiger partial charge in [0.1, 0.15) is 0 Å². The standard InChI is InChI=1S/C21H23Cl2N3O3S/c1-16(4-2-12-25-13-3-11-24-25)26(21-14-19(23)6-5-17(21)15-27)30(28,29)20-9-7-18(22)8-10-20/h3,5-11,13-14,16,27H,2,4,12,15H2,1H3/t16-/m1/s1. The minimum Gasteiger partial charge on any atom is -0.392 e. The molecule has 1 atom stereocenters. The molecule has 0 fully saturated rings. The number of nitrogens with zero attached hydrogens (tertiary/aromatic N) is 3. The monoisotopic (exact) mass is 467 g/mol. The zero-order valence-corrected chi connectivity index (χ0v) is 18.8. The van der Waals surface area contributed by atoms with Crippen molar-refractivity contribution in [3.63, 3.8) is 0 Å². The number of hydrogen-bond donors (Lipinski definition) is 1. The first kappa shape index (κ1) is 22.6. The van der Waals surface area contributed by atoms with Crippen LogP contribution in [0.15, 0.2) is 65.8 Å². The number of aryl methyl sites for hydroxylation is 1. The predicted molar refractivity (Wildman–Crippen MR) is 119 cm³/mol. The molecule has 0 saturated heterocycles. The third-order valence-electron chi connectivity index (χ3n) is 4.79. The molecule has 0 amide bonds. The van der Waals surface area contributed by atoms with Gasteiger partial charge in [-0.3, -0.25) is 8.99 Å². The molecule has 0 aliphatic heterocycles. The van der Waals surface area contributed by atoms with Crippen molar-refractivity contribution < 1.29 is 13.5 Å². The highest BCUT2D eigenvalue weighted by Gasteiger charge is 2.31. The first-order chi connectivity index (χ1) is 14.3. The number of aromatic nitrogens is 2. The van der Waals surface area contributed by atoms with Gasteiger partial charge in [-0.05, 0) is 62.2 Å². The fourth-order valence-corrected chi connectivity index (χ4v) is 5.31. The molecule has 1 N–H and O–H groups in total. The van der Waals surface area contributed by atoms with E-state index in [4.69, 9.17) is 23.2 Å². The van der Waals surface area contributed by atoms with Gasteiger partial charge in [0.05, 0.1) is 17.2 Å². The lowest BCUT2D eigenvalue weighted by atomic mass is 10.1. The lowest BCUT2D eigenvalue weighted by Crippen LogP contribution is -2.39. The van der Waals surface area contributed by atoms with Crippen LogP contribution in [0.25, 0.3) is 0 Å². The van der Waals surface area contributed by atoms with E-state index in [1.807, 2.05) is 23.9 Å². The van der Waals surface area contributed by atoms with E-state index in [0.29, 0.717) is 34.3 Å². The Hall–Kier alpha value is -2.06. The van der Waals surface area contributed by atoms with Gasteiger partial charge in [0.25, 0.3) is 10.0 Å². The molecule has 1 heterocycles. The topological polar surface area (TPSA) is 75.4 Å². The van der Waals surface area contributed by atoms with Crippen molar-refractivity contribution in [1.29, 1.82) is 0 Å². The second-order valence-electron chi connectivity index (χ2n) is 6.95. The van der Waals surface area contributed by atoms with Crippen molar-refractivity contribution in [2.24, 2.45) is 0 Å². The highest BCUT2D eigenvalue weighted by molar-refractivity contribution is 7.92. The molecule has 1 aromatic heterocycles. The van der Waals surface area contributed by atoms with Crippen LogP contribution in [0.3, 0.4) is 0 Å².